The molecule has 2 aromatic heterocycles. The van der Waals surface area contributed by atoms with Crippen LogP contribution in [-0.2, 0) is 11.2 Å². The number of hydrogen-bond donors (Lipinski definition) is 1. The standard InChI is InChI=1S/C19H19ClN2O3/c1-3-5-12-10-13(20)6-7-15(12)22-17-14-8-9-21-11-16(14)25-18(17)19(23)24-4-2/h6-11,22H,3-5H2,1-2H3. The van der Waals surface area contributed by atoms with E-state index in [0.717, 1.165) is 29.5 Å². The number of anilines is 2. The molecule has 1 N–H and O–H groups in total. The molecule has 0 bridgehead atoms. The second-order valence-electron chi connectivity index (χ2n) is 5.57. The number of aromatic nitrogens is 1. The highest BCUT2D eigenvalue weighted by molar-refractivity contribution is 6.30. The first kappa shape index (κ1) is 17.3. The molecule has 130 valence electrons. The van der Waals surface area contributed by atoms with Gasteiger partial charge in [-0.1, -0.05) is 24.9 Å². The first-order valence-corrected chi connectivity index (χ1v) is 8.61. The number of fused-ring (bicyclic) bond motifs is 1. The van der Waals surface area contributed by atoms with Gasteiger partial charge in [-0.15, -0.1) is 0 Å². The summed E-state index contributed by atoms with van der Waals surface area (Å²) in [5, 5.41) is 4.79. The molecule has 1 aromatic carbocycles. The van der Waals surface area contributed by atoms with Crippen molar-refractivity contribution in [3.8, 4) is 0 Å². The Labute approximate surface area is 151 Å². The summed E-state index contributed by atoms with van der Waals surface area (Å²) in [6, 6.07) is 7.46. The van der Waals surface area contributed by atoms with Crippen LogP contribution in [0.3, 0.4) is 0 Å². The van der Waals surface area contributed by atoms with Gasteiger partial charge in [-0.25, -0.2) is 4.79 Å². The Kier molecular flexibility index (Phi) is 5.24. The molecule has 3 rings (SSSR count). The van der Waals surface area contributed by atoms with Gasteiger partial charge in [0.25, 0.3) is 0 Å². The molecular weight excluding hydrogens is 340 g/mol. The van der Waals surface area contributed by atoms with E-state index in [9.17, 15) is 4.79 Å². The van der Waals surface area contributed by atoms with Gasteiger partial charge in [-0.2, -0.15) is 0 Å². The molecule has 0 fully saturated rings. The summed E-state index contributed by atoms with van der Waals surface area (Å²) in [6.45, 7) is 4.14. The van der Waals surface area contributed by atoms with E-state index < -0.39 is 5.97 Å². The molecule has 25 heavy (non-hydrogen) atoms. The second kappa shape index (κ2) is 7.57. The van der Waals surface area contributed by atoms with Crippen molar-refractivity contribution in [3.63, 3.8) is 0 Å². The number of hydrogen-bond acceptors (Lipinski definition) is 5. The van der Waals surface area contributed by atoms with E-state index in [4.69, 9.17) is 20.8 Å². The number of rotatable bonds is 6. The fourth-order valence-electron chi connectivity index (χ4n) is 2.71. The molecule has 3 aromatic rings. The number of nitrogens with zero attached hydrogens (tertiary/aromatic N) is 1. The number of carbonyl (C=O) groups is 1. The summed E-state index contributed by atoms with van der Waals surface area (Å²) in [5.74, 6) is -0.366. The minimum absolute atomic E-state index is 0.141. The Morgan fingerprint density at radius 3 is 2.92 bits per heavy atom. The van der Waals surface area contributed by atoms with Crippen molar-refractivity contribution in [1.82, 2.24) is 4.98 Å². The average Bonchev–Trinajstić information content (AvgIpc) is 2.96. The lowest BCUT2D eigenvalue weighted by Gasteiger charge is -2.12. The van der Waals surface area contributed by atoms with Gasteiger partial charge in [0.2, 0.25) is 5.76 Å². The molecule has 6 heteroatoms. The number of furan rings is 1. The fraction of sp³-hybridized carbons (Fsp3) is 0.263. The molecule has 0 unspecified atom stereocenters. The van der Waals surface area contributed by atoms with Gasteiger partial charge in [0, 0.05) is 22.3 Å². The topological polar surface area (TPSA) is 64.4 Å². The molecular formula is C19H19ClN2O3. The molecule has 2 heterocycles. The van der Waals surface area contributed by atoms with Crippen LogP contribution in [0.5, 0.6) is 0 Å². The van der Waals surface area contributed by atoms with Gasteiger partial charge in [0.1, 0.15) is 5.69 Å². The van der Waals surface area contributed by atoms with Crippen LogP contribution in [0, 0.1) is 0 Å². The summed E-state index contributed by atoms with van der Waals surface area (Å²) in [7, 11) is 0. The average molecular weight is 359 g/mol. The summed E-state index contributed by atoms with van der Waals surface area (Å²) >= 11 is 6.12. The molecule has 0 atom stereocenters. The lowest BCUT2D eigenvalue weighted by Crippen LogP contribution is -2.06. The number of aryl methyl sites for hydroxylation is 1. The molecule has 0 aliphatic heterocycles. The van der Waals surface area contributed by atoms with Crippen molar-refractivity contribution in [2.24, 2.45) is 0 Å². The second-order valence-corrected chi connectivity index (χ2v) is 6.01. The van der Waals surface area contributed by atoms with Crippen molar-refractivity contribution in [2.75, 3.05) is 11.9 Å². The number of benzene rings is 1. The molecule has 0 amide bonds. The van der Waals surface area contributed by atoms with Gasteiger partial charge in [0.15, 0.2) is 5.58 Å². The third-order valence-electron chi connectivity index (χ3n) is 3.80. The monoisotopic (exact) mass is 358 g/mol. The van der Waals surface area contributed by atoms with Crippen LogP contribution in [0.1, 0.15) is 36.4 Å². The Bertz CT molecular complexity index is 905. The quantitative estimate of drug-likeness (QED) is 0.601. The SMILES string of the molecule is CCCc1cc(Cl)ccc1Nc1c(C(=O)OCC)oc2cnccc12. The first-order chi connectivity index (χ1) is 12.1. The Hall–Kier alpha value is -2.53. The van der Waals surface area contributed by atoms with Crippen molar-refractivity contribution in [2.45, 2.75) is 26.7 Å². The normalized spacial score (nSPS) is 10.8. The zero-order valence-electron chi connectivity index (χ0n) is 14.1. The van der Waals surface area contributed by atoms with Gasteiger partial charge in [-0.3, -0.25) is 4.98 Å². The number of esters is 1. The predicted molar refractivity (Wildman–Crippen MR) is 98.7 cm³/mol. The number of nitrogens with one attached hydrogen (secondary N) is 1. The zero-order chi connectivity index (χ0) is 17.8. The van der Waals surface area contributed by atoms with Crippen LogP contribution < -0.4 is 5.32 Å². The largest absolute Gasteiger partial charge is 0.460 e. The Morgan fingerprint density at radius 1 is 1.32 bits per heavy atom. The molecule has 5 nitrogen and oxygen atoms in total. The van der Waals surface area contributed by atoms with Gasteiger partial charge >= 0.3 is 5.97 Å². The van der Waals surface area contributed by atoms with Crippen molar-refractivity contribution in [3.05, 3.63) is 53.0 Å². The van der Waals surface area contributed by atoms with E-state index in [2.05, 4.69) is 17.2 Å². The first-order valence-electron chi connectivity index (χ1n) is 8.23. The molecule has 0 aliphatic carbocycles. The third kappa shape index (κ3) is 3.61. The van der Waals surface area contributed by atoms with Crippen molar-refractivity contribution in [1.29, 1.82) is 0 Å². The van der Waals surface area contributed by atoms with Crippen LogP contribution in [0.25, 0.3) is 11.0 Å². The maximum absolute atomic E-state index is 12.3. The summed E-state index contributed by atoms with van der Waals surface area (Å²) in [5.41, 5.74) is 3.07. The van der Waals surface area contributed by atoms with Gasteiger partial charge in [-0.05, 0) is 43.2 Å². The molecule has 0 radical (unpaired) electrons. The predicted octanol–water partition coefficient (Wildman–Crippen LogP) is 5.35. The number of halogens is 1. The lowest BCUT2D eigenvalue weighted by atomic mass is 10.1. The fourth-order valence-corrected chi connectivity index (χ4v) is 2.91. The minimum atomic E-state index is -0.507. The minimum Gasteiger partial charge on any atom is -0.460 e. The highest BCUT2D eigenvalue weighted by Crippen LogP contribution is 2.35. The summed E-state index contributed by atoms with van der Waals surface area (Å²) < 4.78 is 10.8. The molecule has 0 saturated carbocycles. The number of ether oxygens (including phenoxy) is 1. The van der Waals surface area contributed by atoms with Crippen LogP contribution in [0.2, 0.25) is 5.02 Å². The third-order valence-corrected chi connectivity index (χ3v) is 4.04. The van der Waals surface area contributed by atoms with E-state index in [0.29, 0.717) is 16.3 Å². The van der Waals surface area contributed by atoms with Crippen molar-refractivity contribution >= 4 is 39.9 Å². The Balaban J connectivity index is 2.09. The van der Waals surface area contributed by atoms with Crippen LogP contribution in [-0.4, -0.2) is 17.6 Å². The van der Waals surface area contributed by atoms with E-state index in [-0.39, 0.29) is 12.4 Å². The zero-order valence-corrected chi connectivity index (χ0v) is 14.9. The highest BCUT2D eigenvalue weighted by atomic mass is 35.5. The van der Waals surface area contributed by atoms with Crippen LogP contribution in [0.15, 0.2) is 41.1 Å². The smallest absolute Gasteiger partial charge is 0.376 e. The molecule has 0 aliphatic rings. The van der Waals surface area contributed by atoms with Gasteiger partial charge in [0.05, 0.1) is 12.8 Å². The van der Waals surface area contributed by atoms with E-state index in [1.807, 2.05) is 18.2 Å². The van der Waals surface area contributed by atoms with Gasteiger partial charge < -0.3 is 14.5 Å². The van der Waals surface area contributed by atoms with E-state index in [1.54, 1.807) is 25.4 Å². The van der Waals surface area contributed by atoms with E-state index in [1.165, 1.54) is 0 Å². The lowest BCUT2D eigenvalue weighted by molar-refractivity contribution is 0.0494. The van der Waals surface area contributed by atoms with Crippen LogP contribution >= 0.6 is 11.6 Å². The number of carbonyl (C=O) groups excluding carboxylic acids is 1. The summed E-state index contributed by atoms with van der Waals surface area (Å²) in [4.78, 5) is 16.3. The highest BCUT2D eigenvalue weighted by Gasteiger charge is 2.22. The summed E-state index contributed by atoms with van der Waals surface area (Å²) in [6.07, 6.45) is 5.09. The Morgan fingerprint density at radius 2 is 2.16 bits per heavy atom. The maximum Gasteiger partial charge on any atom is 0.376 e. The number of pyridine rings is 1. The molecule has 0 spiro atoms. The van der Waals surface area contributed by atoms with Crippen molar-refractivity contribution < 1.29 is 13.9 Å². The molecule has 0 saturated heterocycles. The van der Waals surface area contributed by atoms with Crippen LogP contribution in [0.4, 0.5) is 11.4 Å². The van der Waals surface area contributed by atoms with E-state index >= 15 is 0 Å². The maximum atomic E-state index is 12.3.